The summed E-state index contributed by atoms with van der Waals surface area (Å²) in [6.07, 6.45) is 23.5. The molecule has 10 aliphatic rings. The molecule has 10 saturated heterocycles. The van der Waals surface area contributed by atoms with Gasteiger partial charge in [-0.25, -0.2) is 0 Å². The Balaban J connectivity index is 0.000000155. The van der Waals surface area contributed by atoms with Crippen molar-refractivity contribution in [1.82, 2.24) is 54.3 Å². The number of ether oxygens (including phenoxy) is 3. The minimum Gasteiger partial charge on any atom is -0.393 e. The Kier molecular flexibility index (Phi) is 43.9. The second-order valence-electron chi connectivity index (χ2n) is 44.1. The molecule has 7 atom stereocenters. The van der Waals surface area contributed by atoms with E-state index in [1.807, 2.05) is 31.0 Å². The minimum atomic E-state index is -0.633. The maximum Gasteiger partial charge on any atom is 0.0948 e. The van der Waals surface area contributed by atoms with Crippen LogP contribution in [0.1, 0.15) is 317 Å². The summed E-state index contributed by atoms with van der Waals surface area (Å²) in [5.41, 5.74) is 15.7. The highest BCUT2D eigenvalue weighted by Gasteiger charge is 2.40. The highest BCUT2D eigenvalue weighted by Crippen LogP contribution is 2.38. The van der Waals surface area contributed by atoms with E-state index in [0.717, 1.165) is 280 Å². The second kappa shape index (κ2) is 54.5. The summed E-state index contributed by atoms with van der Waals surface area (Å²) in [5.74, 6) is 3.52. The van der Waals surface area contributed by atoms with Crippen LogP contribution >= 0.6 is 0 Å². The van der Waals surface area contributed by atoms with Crippen LogP contribution in [0.3, 0.4) is 0 Å². The fourth-order valence-corrected chi connectivity index (χ4v) is 20.7. The minimum absolute atomic E-state index is 0.0915. The molecule has 6 N–H and O–H groups in total. The van der Waals surface area contributed by atoms with Gasteiger partial charge in [0.25, 0.3) is 0 Å². The fourth-order valence-electron chi connectivity index (χ4n) is 20.7. The van der Waals surface area contributed by atoms with Gasteiger partial charge < -0.3 is 69.3 Å². The van der Waals surface area contributed by atoms with Crippen molar-refractivity contribution in [1.29, 1.82) is 0 Å². The van der Waals surface area contributed by atoms with Crippen molar-refractivity contribution in [2.45, 2.75) is 302 Å². The number of rotatable bonds is 22. The monoisotopic (exact) mass is 1900 g/mol. The van der Waals surface area contributed by atoms with Crippen molar-refractivity contribution >= 4 is 22.7 Å². The lowest BCUT2D eigenvalue weighted by Crippen LogP contribution is -2.56. The van der Waals surface area contributed by atoms with Crippen LogP contribution in [0.2, 0.25) is 0 Å². The zero-order chi connectivity index (χ0) is 99.1. The first kappa shape index (κ1) is 111. The predicted octanol–water partition coefficient (Wildman–Crippen LogP) is 17.6. The van der Waals surface area contributed by atoms with Crippen molar-refractivity contribution in [3.63, 3.8) is 0 Å². The third-order valence-electron chi connectivity index (χ3n) is 30.2. The number of anilines is 4. The summed E-state index contributed by atoms with van der Waals surface area (Å²) in [5, 5.41) is 62.1. The van der Waals surface area contributed by atoms with Crippen LogP contribution in [0.4, 0.5) is 22.7 Å². The molecule has 5 aromatic heterocycles. The summed E-state index contributed by atoms with van der Waals surface area (Å²) < 4.78 is 16.2. The highest BCUT2D eigenvalue weighted by molar-refractivity contribution is 5.50. The largest absolute Gasteiger partial charge is 0.393 e. The van der Waals surface area contributed by atoms with Crippen molar-refractivity contribution in [3.05, 3.63) is 196 Å². The number of pyridine rings is 5. The SMILES string of the molecule is CC(C)c1ccc(C(C)N2CCC[C@@H](O)C2)cn1.CC(C)c1ccc(C(C)N2CCC[C@H](O)C2)cn1.CC(C)c1ccc(N2CCC(O)CC2)cc1.CC(C)c1ccc(N2CCCC(O)(CN3CCOCC3)C2)cn1.CC(C)c1ccc(N2CCC[C@@](O)(CN3CCOCC3)C2)cn1.CC(C)c1ccc(N2CCC[C@](O)(CN3CCOCC3)C2)cn1.CC(C)c1cccc(C2(C)CCN(C)CC2)c1. The first-order valence-electron chi connectivity index (χ1n) is 53.3. The Morgan fingerprint density at radius 3 is 0.949 bits per heavy atom. The molecule has 0 aliphatic carbocycles. The molecule has 0 spiro atoms. The Bertz CT molecular complexity index is 4260. The van der Waals surface area contributed by atoms with Crippen LogP contribution in [0, 0.1) is 0 Å². The van der Waals surface area contributed by atoms with Crippen LogP contribution in [0.15, 0.2) is 140 Å². The topological polar surface area (TPSA) is 246 Å². The third-order valence-corrected chi connectivity index (χ3v) is 30.2. The first-order valence-corrected chi connectivity index (χ1v) is 53.3. The van der Waals surface area contributed by atoms with Gasteiger partial charge in [0.15, 0.2) is 0 Å². The Morgan fingerprint density at radius 2 is 0.645 bits per heavy atom. The standard InChI is InChI=1S/3C18H29N3O2.C16H25N.2C15H24N2O.C14H21NO/c3*1-15(2)17-5-4-16(12-19-17)21-7-3-6-18(22,14-21)13-20-8-10-23-11-9-20;1-13(2)14-6-5-7-15(12-14)16(3)8-10-17(4)11-9-16;2*1-11(2)15-7-6-13(9-16-15)12(3)17-8-4-5-14(18)10-17;1-11(2)12-3-5-13(6-4-12)15-9-7-14(16)8-10-15/h3*4-5,12,15,22H,3,6-11,13-14H2,1-2H3;5-7,12-13H,8-11H2,1-4H3;2*6-7,9,11-12,14,18H,4-5,8,10H2,1-3H3;3-6,11,14,16H,7-10H2,1-2H3/t2*18-;;;2*12?,14-;/m10..10./s1. The van der Waals surface area contributed by atoms with Crippen LogP contribution in [0.25, 0.3) is 0 Å². The van der Waals surface area contributed by atoms with E-state index in [9.17, 15) is 30.6 Å². The number of benzene rings is 2. The lowest BCUT2D eigenvalue weighted by Gasteiger charge is -2.43. The van der Waals surface area contributed by atoms with Crippen LogP contribution < -0.4 is 19.6 Å². The van der Waals surface area contributed by atoms with E-state index < -0.39 is 16.8 Å². The molecule has 24 heteroatoms. The van der Waals surface area contributed by atoms with E-state index in [2.05, 4.69) is 308 Å². The quantitative estimate of drug-likeness (QED) is 0.0369. The molecule has 17 rings (SSSR count). The van der Waals surface area contributed by atoms with Crippen LogP contribution in [-0.2, 0) is 19.6 Å². The molecule has 10 aliphatic heterocycles. The third kappa shape index (κ3) is 34.8. The second-order valence-corrected chi connectivity index (χ2v) is 44.1. The van der Waals surface area contributed by atoms with Crippen LogP contribution in [0.5, 0.6) is 0 Å². The fraction of sp³-hybridized carbons (Fsp3) is 0.675. The maximum absolute atomic E-state index is 11.1. The van der Waals surface area contributed by atoms with E-state index in [0.29, 0.717) is 78.6 Å². The van der Waals surface area contributed by atoms with E-state index in [1.54, 1.807) is 0 Å². The molecule has 138 heavy (non-hydrogen) atoms. The lowest BCUT2D eigenvalue weighted by molar-refractivity contribution is -0.0385. The summed E-state index contributed by atoms with van der Waals surface area (Å²) in [4.78, 5) is 46.1. The molecule has 0 saturated carbocycles. The van der Waals surface area contributed by atoms with Gasteiger partial charge in [0.2, 0.25) is 0 Å². The van der Waals surface area contributed by atoms with Gasteiger partial charge in [-0.3, -0.25) is 49.4 Å². The van der Waals surface area contributed by atoms with Crippen molar-refractivity contribution in [2.24, 2.45) is 0 Å². The number of aliphatic hydroxyl groups excluding tert-OH is 3. The number of hydrogen-bond donors (Lipinski definition) is 6. The molecule has 15 heterocycles. The average Bonchev–Trinajstić information content (AvgIpc) is 0.812. The molecule has 7 aromatic rings. The van der Waals surface area contributed by atoms with Gasteiger partial charge in [0.1, 0.15) is 0 Å². The van der Waals surface area contributed by atoms with Crippen LogP contribution in [-0.4, -0.2) is 317 Å². The first-order chi connectivity index (χ1) is 66.0. The van der Waals surface area contributed by atoms with Crippen molar-refractivity contribution < 1.29 is 44.8 Å². The molecule has 0 bridgehead atoms. The Morgan fingerprint density at radius 1 is 0.319 bits per heavy atom. The Hall–Kier alpha value is -7.21. The van der Waals surface area contributed by atoms with Gasteiger partial charge >= 0.3 is 0 Å². The molecule has 10 fully saturated rings. The maximum atomic E-state index is 11.1. The zero-order valence-corrected chi connectivity index (χ0v) is 88.2. The van der Waals surface area contributed by atoms with Crippen molar-refractivity contribution in [2.75, 3.05) is 217 Å². The predicted molar refractivity (Wildman–Crippen MR) is 566 cm³/mol. The normalized spacial score (nSPS) is 24.1. The molecular formula is C114H181N15O9. The number of likely N-dealkylation sites (tertiary alicyclic amines) is 3. The van der Waals surface area contributed by atoms with Gasteiger partial charge in [-0.2, -0.15) is 0 Å². The smallest absolute Gasteiger partial charge is 0.0948 e. The number of hydrogen-bond acceptors (Lipinski definition) is 24. The lowest BCUT2D eigenvalue weighted by atomic mass is 9.74. The molecule has 24 nitrogen and oxygen atoms in total. The number of piperidine rings is 7. The number of nitrogens with zero attached hydrogens (tertiary/aromatic N) is 15. The molecule has 3 unspecified atom stereocenters. The number of aromatic nitrogens is 5. The number of β-amino-alcohol motifs (C(OH)–C–C–N with tert-alkyl or cyclic N) is 5. The van der Waals surface area contributed by atoms with E-state index in [1.165, 1.54) is 59.4 Å². The summed E-state index contributed by atoms with van der Waals surface area (Å²) in [6.45, 7) is 63.0. The van der Waals surface area contributed by atoms with E-state index in [-0.39, 0.29) is 18.3 Å². The number of aliphatic hydroxyl groups is 6. The molecular weight excluding hydrogens is 1720 g/mol. The van der Waals surface area contributed by atoms with E-state index >= 15 is 0 Å². The highest BCUT2D eigenvalue weighted by atomic mass is 16.5. The average molecular weight is 1910 g/mol. The molecule has 0 radical (unpaired) electrons. The van der Waals surface area contributed by atoms with Gasteiger partial charge in [-0.15, -0.1) is 0 Å². The molecule has 766 valence electrons. The van der Waals surface area contributed by atoms with Gasteiger partial charge in [0, 0.05) is 183 Å². The van der Waals surface area contributed by atoms with Crippen molar-refractivity contribution in [3.8, 4) is 0 Å². The number of morpholine rings is 3. The summed E-state index contributed by atoms with van der Waals surface area (Å²) in [7, 11) is 2.23. The molecule has 0 amide bonds. The van der Waals surface area contributed by atoms with E-state index in [4.69, 9.17) is 14.2 Å². The Labute approximate surface area is 832 Å². The zero-order valence-electron chi connectivity index (χ0n) is 88.2. The summed E-state index contributed by atoms with van der Waals surface area (Å²) >= 11 is 0. The summed E-state index contributed by atoms with van der Waals surface area (Å²) in [6, 6.07) is 40.1. The van der Waals surface area contributed by atoms with Gasteiger partial charge in [-0.05, 0) is 272 Å². The van der Waals surface area contributed by atoms with Gasteiger partial charge in [-0.1, -0.05) is 152 Å². The van der Waals surface area contributed by atoms with Gasteiger partial charge in [0.05, 0.1) is 110 Å². The molecule has 2 aromatic carbocycles.